The van der Waals surface area contributed by atoms with Gasteiger partial charge in [-0.1, -0.05) is 0 Å². The van der Waals surface area contributed by atoms with Crippen molar-refractivity contribution in [3.8, 4) is 0 Å². The fourth-order valence-corrected chi connectivity index (χ4v) is 0. The first-order chi connectivity index (χ1) is 1.73. The number of hydrogen-bond donors (Lipinski definition) is 1. The van der Waals surface area contributed by atoms with E-state index in [1.807, 2.05) is 0 Å². The standard InChI is InChI=1S/Ga.HNO3.H2O.3H/c;2-1(3)4;;;;/h;(H,2,3,4);1H2;;;. The second-order valence-corrected chi connectivity index (χ2v) is 0.238. The molecule has 0 aliphatic heterocycles. The van der Waals surface area contributed by atoms with Crippen LogP contribution in [0.2, 0.25) is 0 Å². The molecule has 38 valence electrons. The zero-order valence-electron chi connectivity index (χ0n) is 2.21. The number of hydrogen-bond acceptors (Lipinski definition) is 2. The molecule has 6 heteroatoms. The summed E-state index contributed by atoms with van der Waals surface area (Å²) in [6.45, 7) is 0. The van der Waals surface area contributed by atoms with Crippen molar-refractivity contribution in [3.05, 3.63) is 10.1 Å². The maximum absolute atomic E-state index is 8.36. The second kappa shape index (κ2) is 8.84. The number of rotatable bonds is 0. The van der Waals surface area contributed by atoms with Crippen LogP contribution in [-0.4, -0.2) is 35.6 Å². The third-order valence-corrected chi connectivity index (χ3v) is 0. The molecular weight excluding hydrogens is 148 g/mol. The van der Waals surface area contributed by atoms with Crippen LogP contribution in [0, 0.1) is 10.1 Å². The van der Waals surface area contributed by atoms with E-state index in [4.69, 9.17) is 15.3 Å². The van der Waals surface area contributed by atoms with Gasteiger partial charge in [-0.2, -0.15) is 0 Å². The van der Waals surface area contributed by atoms with Gasteiger partial charge in [-0.25, -0.2) is 0 Å². The van der Waals surface area contributed by atoms with E-state index < -0.39 is 5.09 Å². The third-order valence-electron chi connectivity index (χ3n) is 0. The van der Waals surface area contributed by atoms with Crippen molar-refractivity contribution in [3.63, 3.8) is 0 Å². The summed E-state index contributed by atoms with van der Waals surface area (Å²) in [5.74, 6) is 0. The molecule has 3 N–H and O–H groups in total. The van der Waals surface area contributed by atoms with Crippen LogP contribution in [0.25, 0.3) is 0 Å². The summed E-state index contributed by atoms with van der Waals surface area (Å²) in [6, 6.07) is 0. The van der Waals surface area contributed by atoms with Crippen LogP contribution in [0.3, 0.4) is 0 Å². The van der Waals surface area contributed by atoms with Crippen LogP contribution < -0.4 is 0 Å². The van der Waals surface area contributed by atoms with Gasteiger partial charge in [0.1, 0.15) is 0 Å². The van der Waals surface area contributed by atoms with Crippen molar-refractivity contribution in [2.45, 2.75) is 0 Å². The molecule has 0 aromatic rings. The van der Waals surface area contributed by atoms with E-state index in [1.54, 1.807) is 0 Å². The van der Waals surface area contributed by atoms with Crippen molar-refractivity contribution in [1.82, 2.24) is 0 Å². The quantitative estimate of drug-likeness (QED) is 0.240. The molecule has 6 heavy (non-hydrogen) atoms. The molecule has 0 amide bonds. The average Bonchev–Trinajstić information content (AvgIpc) is 0.811. The summed E-state index contributed by atoms with van der Waals surface area (Å²) < 4.78 is 0. The van der Waals surface area contributed by atoms with E-state index in [0.29, 0.717) is 0 Å². The zero-order valence-corrected chi connectivity index (χ0v) is 2.21. The van der Waals surface area contributed by atoms with Gasteiger partial charge in [-0.15, -0.1) is 10.1 Å². The van der Waals surface area contributed by atoms with Crippen molar-refractivity contribution in [2.75, 3.05) is 0 Å². The molecule has 0 heterocycles. The van der Waals surface area contributed by atoms with Gasteiger partial charge in [0.2, 0.25) is 0 Å². The van der Waals surface area contributed by atoms with Gasteiger partial charge in [0.15, 0.2) is 0 Å². The normalized spacial score (nSPS) is 4.00. The predicted octanol–water partition coefficient (Wildman–Crippen LogP) is -2.36. The molecule has 0 aliphatic carbocycles. The summed E-state index contributed by atoms with van der Waals surface area (Å²) in [6.07, 6.45) is 0. The van der Waals surface area contributed by atoms with E-state index >= 15 is 0 Å². The first kappa shape index (κ1) is 17.1. The van der Waals surface area contributed by atoms with E-state index in [-0.39, 0.29) is 25.3 Å². The Morgan fingerprint density at radius 3 is 1.67 bits per heavy atom. The number of nitrogens with zero attached hydrogens (tertiary/aromatic N) is 1. The third kappa shape index (κ3) is 716. The van der Waals surface area contributed by atoms with Crippen LogP contribution in [0.5, 0.6) is 0 Å². The van der Waals surface area contributed by atoms with Crippen molar-refractivity contribution in [2.24, 2.45) is 0 Å². The van der Waals surface area contributed by atoms with Crippen LogP contribution in [-0.2, 0) is 0 Å². The van der Waals surface area contributed by atoms with E-state index in [9.17, 15) is 0 Å². The summed E-state index contributed by atoms with van der Waals surface area (Å²) in [4.78, 5) is 8.36. The first-order valence-corrected chi connectivity index (χ1v) is 0.565. The molecule has 0 saturated heterocycles. The molecule has 0 aromatic carbocycles. The Kier molecular flexibility index (Phi) is 25.1. The summed E-state index contributed by atoms with van der Waals surface area (Å²) in [5, 5.41) is 13.6. The topological polar surface area (TPSA) is 94.9 Å². The molecule has 0 saturated carbocycles. The summed E-state index contributed by atoms with van der Waals surface area (Å²) in [7, 11) is 0. The molecule has 5 nitrogen and oxygen atoms in total. The van der Waals surface area contributed by atoms with Gasteiger partial charge in [-0.3, -0.25) is 0 Å². The molecule has 0 aromatic heterocycles. The zero-order chi connectivity index (χ0) is 3.58. The predicted molar refractivity (Wildman–Crippen MR) is 22.3 cm³/mol. The Hall–Kier alpha value is -0.204. The van der Waals surface area contributed by atoms with Gasteiger partial charge < -0.3 is 10.7 Å². The Labute approximate surface area is 46.4 Å². The van der Waals surface area contributed by atoms with E-state index in [2.05, 4.69) is 0 Å². The van der Waals surface area contributed by atoms with Gasteiger partial charge in [-0.05, 0) is 0 Å². The van der Waals surface area contributed by atoms with E-state index in [1.165, 1.54) is 0 Å². The molecule has 0 fully saturated rings. The van der Waals surface area contributed by atoms with Crippen molar-refractivity contribution < 1.29 is 15.8 Å². The van der Waals surface area contributed by atoms with Gasteiger partial charge in [0.25, 0.3) is 5.09 Å². The molecule has 0 rings (SSSR count). The molecule has 0 atom stereocenters. The van der Waals surface area contributed by atoms with Crippen LogP contribution in [0.4, 0.5) is 0 Å². The Bertz CT molecular complexity index is 30.5. The Morgan fingerprint density at radius 1 is 1.67 bits per heavy atom. The molecule has 0 spiro atoms. The Morgan fingerprint density at radius 2 is 1.67 bits per heavy atom. The fraction of sp³-hybridized carbons (Fsp3) is 0. The van der Waals surface area contributed by atoms with Crippen LogP contribution >= 0.6 is 0 Å². The minimum absolute atomic E-state index is 0. The summed E-state index contributed by atoms with van der Waals surface area (Å²) >= 11 is 0. The molecular formula is H6GaNO4. The maximum atomic E-state index is 8.36. The van der Waals surface area contributed by atoms with Crippen molar-refractivity contribution in [1.29, 1.82) is 0 Å². The van der Waals surface area contributed by atoms with E-state index in [0.717, 1.165) is 0 Å². The summed E-state index contributed by atoms with van der Waals surface area (Å²) in [5.41, 5.74) is 0. The van der Waals surface area contributed by atoms with Gasteiger partial charge in [0, 0.05) is 0 Å². The second-order valence-electron chi connectivity index (χ2n) is 0.238. The SMILES string of the molecule is O.O=[N+]([O-])O.[GaH3]. The molecule has 0 bridgehead atoms. The average molecular weight is 154 g/mol. The fourth-order valence-electron chi connectivity index (χ4n) is 0. The van der Waals surface area contributed by atoms with Crippen LogP contribution in [0.1, 0.15) is 0 Å². The monoisotopic (exact) mass is 153 g/mol. The van der Waals surface area contributed by atoms with Crippen molar-refractivity contribution >= 4 is 19.8 Å². The van der Waals surface area contributed by atoms with Crippen LogP contribution in [0.15, 0.2) is 0 Å². The Balaban J connectivity index is -0.0000000450. The molecule has 0 unspecified atom stereocenters. The van der Waals surface area contributed by atoms with Gasteiger partial charge >= 0.3 is 19.8 Å². The minimum atomic E-state index is -1.50. The van der Waals surface area contributed by atoms with Gasteiger partial charge in [0.05, 0.1) is 0 Å². The molecule has 0 radical (unpaired) electrons. The first-order valence-electron chi connectivity index (χ1n) is 0.565. The molecule has 0 aliphatic rings.